The highest BCUT2D eigenvalue weighted by Crippen LogP contribution is 2.24. The number of halogens is 1. The lowest BCUT2D eigenvalue weighted by Crippen LogP contribution is -2.18. The second-order valence-corrected chi connectivity index (χ2v) is 9.18. The van der Waals surface area contributed by atoms with Gasteiger partial charge in [-0.05, 0) is 73.4 Å². The van der Waals surface area contributed by atoms with Crippen molar-refractivity contribution < 1.29 is 4.79 Å². The van der Waals surface area contributed by atoms with Crippen LogP contribution in [0.3, 0.4) is 0 Å². The minimum atomic E-state index is -0.168. The number of aromatic nitrogens is 1. The average molecular weight is 417 g/mol. The van der Waals surface area contributed by atoms with E-state index in [1.807, 2.05) is 30.3 Å². The fourth-order valence-corrected chi connectivity index (χ4v) is 5.24. The van der Waals surface area contributed by atoms with Gasteiger partial charge in [0.15, 0.2) is 4.80 Å². The number of benzene rings is 2. The predicted octanol–water partition coefficient (Wildman–Crippen LogP) is 5.34. The lowest BCUT2D eigenvalue weighted by Gasteiger charge is -2.15. The van der Waals surface area contributed by atoms with Gasteiger partial charge in [0, 0.05) is 22.9 Å². The first-order valence-corrected chi connectivity index (χ1v) is 11.7. The summed E-state index contributed by atoms with van der Waals surface area (Å²) < 4.78 is 3.18. The number of amides is 1. The van der Waals surface area contributed by atoms with Crippen molar-refractivity contribution in [3.63, 3.8) is 0 Å². The van der Waals surface area contributed by atoms with Gasteiger partial charge in [-0.25, -0.2) is 0 Å². The molecule has 0 atom stereocenters. The van der Waals surface area contributed by atoms with Crippen LogP contribution in [0.4, 0.5) is 0 Å². The van der Waals surface area contributed by atoms with Gasteiger partial charge in [0.25, 0.3) is 5.91 Å². The fraction of sp³-hybridized carbons (Fsp3) is 0.333. The molecule has 0 bridgehead atoms. The van der Waals surface area contributed by atoms with Gasteiger partial charge in [0.1, 0.15) is 0 Å². The number of rotatable bonds is 4. The van der Waals surface area contributed by atoms with Crippen molar-refractivity contribution in [1.29, 1.82) is 0 Å². The minimum Gasteiger partial charge on any atom is -0.316 e. The molecule has 1 aliphatic carbocycles. The molecule has 4 rings (SSSR count). The van der Waals surface area contributed by atoms with Crippen LogP contribution in [0.25, 0.3) is 10.2 Å². The van der Waals surface area contributed by atoms with Gasteiger partial charge in [-0.15, -0.1) is 0 Å². The van der Waals surface area contributed by atoms with Gasteiger partial charge in [-0.2, -0.15) is 16.8 Å². The molecular formula is C21H21ClN2OS2. The van der Waals surface area contributed by atoms with E-state index < -0.39 is 0 Å². The number of hydrogen-bond acceptors (Lipinski definition) is 3. The molecule has 3 nitrogen and oxygen atoms in total. The molecule has 1 aromatic heterocycles. The zero-order valence-electron chi connectivity index (χ0n) is 15.2. The Labute approximate surface area is 172 Å². The minimum absolute atomic E-state index is 0.168. The van der Waals surface area contributed by atoms with E-state index in [0.29, 0.717) is 10.6 Å². The van der Waals surface area contributed by atoms with Gasteiger partial charge in [-0.3, -0.25) is 4.79 Å². The zero-order chi connectivity index (χ0) is 18.8. The molecule has 0 N–H and O–H groups in total. The van der Waals surface area contributed by atoms with Crippen LogP contribution in [-0.4, -0.2) is 22.5 Å². The predicted molar refractivity (Wildman–Crippen MR) is 116 cm³/mol. The third-order valence-electron chi connectivity index (χ3n) is 4.96. The first kappa shape index (κ1) is 18.8. The Morgan fingerprint density at radius 2 is 2.00 bits per heavy atom. The molecule has 0 radical (unpaired) electrons. The van der Waals surface area contributed by atoms with Crippen LogP contribution >= 0.6 is 34.7 Å². The quantitative estimate of drug-likeness (QED) is 0.575. The topological polar surface area (TPSA) is 34.4 Å². The Morgan fingerprint density at radius 1 is 1.19 bits per heavy atom. The van der Waals surface area contributed by atoms with E-state index in [2.05, 4.69) is 21.9 Å². The molecule has 1 heterocycles. The van der Waals surface area contributed by atoms with E-state index in [4.69, 9.17) is 11.6 Å². The Kier molecular flexibility index (Phi) is 5.71. The molecule has 0 unspecified atom stereocenters. The first-order valence-electron chi connectivity index (χ1n) is 9.14. The zero-order valence-corrected chi connectivity index (χ0v) is 17.6. The van der Waals surface area contributed by atoms with Crippen LogP contribution in [0.1, 0.15) is 34.3 Å². The Hall–Kier alpha value is -1.56. The van der Waals surface area contributed by atoms with Crippen molar-refractivity contribution >= 4 is 50.8 Å². The normalized spacial score (nSPS) is 14.5. The van der Waals surface area contributed by atoms with Gasteiger partial charge in [-0.1, -0.05) is 29.0 Å². The first-order chi connectivity index (χ1) is 13.2. The van der Waals surface area contributed by atoms with Crippen molar-refractivity contribution in [2.75, 3.05) is 12.0 Å². The second-order valence-electron chi connectivity index (χ2n) is 6.75. The largest absolute Gasteiger partial charge is 0.316 e. The summed E-state index contributed by atoms with van der Waals surface area (Å²) in [6.07, 6.45) is 6.71. The maximum absolute atomic E-state index is 12.9. The van der Waals surface area contributed by atoms with Crippen LogP contribution in [-0.2, 0) is 19.4 Å². The molecule has 27 heavy (non-hydrogen) atoms. The standard InChI is InChI=1S/C21H21ClN2OS2/c1-26-11-10-24-18-9-8-17(22)13-19(18)27-21(24)23-20(25)16-7-6-14-4-2-3-5-15(14)12-16/h6-9,12-13H,2-5,10-11H2,1H3. The van der Waals surface area contributed by atoms with E-state index in [0.717, 1.165) is 40.2 Å². The van der Waals surface area contributed by atoms with Gasteiger partial charge >= 0.3 is 0 Å². The number of carbonyl (C=O) groups is 1. The van der Waals surface area contributed by atoms with Crippen molar-refractivity contribution in [2.45, 2.75) is 32.2 Å². The molecule has 1 amide bonds. The highest BCUT2D eigenvalue weighted by molar-refractivity contribution is 7.98. The van der Waals surface area contributed by atoms with E-state index in [1.54, 1.807) is 11.8 Å². The molecular weight excluding hydrogens is 396 g/mol. The number of nitrogens with zero attached hydrogens (tertiary/aromatic N) is 2. The summed E-state index contributed by atoms with van der Waals surface area (Å²) in [4.78, 5) is 18.1. The smallest absolute Gasteiger partial charge is 0.279 e. The summed E-state index contributed by atoms with van der Waals surface area (Å²) in [6.45, 7) is 0.819. The van der Waals surface area contributed by atoms with E-state index in [-0.39, 0.29) is 5.91 Å². The number of fused-ring (bicyclic) bond motifs is 2. The lowest BCUT2D eigenvalue weighted by atomic mass is 9.90. The summed E-state index contributed by atoms with van der Waals surface area (Å²) in [5.74, 6) is 0.799. The summed E-state index contributed by atoms with van der Waals surface area (Å²) in [5.41, 5.74) is 4.45. The van der Waals surface area contributed by atoms with E-state index in [1.165, 1.54) is 35.3 Å². The Balaban J connectivity index is 1.76. The molecule has 0 spiro atoms. The molecule has 0 aliphatic heterocycles. The van der Waals surface area contributed by atoms with Crippen LogP contribution in [0, 0.1) is 0 Å². The SMILES string of the molecule is CSCCn1c(=NC(=O)c2ccc3c(c2)CCCC3)sc2cc(Cl)ccc21. The lowest BCUT2D eigenvalue weighted by molar-refractivity contribution is 0.0997. The van der Waals surface area contributed by atoms with Gasteiger partial charge in [0.05, 0.1) is 10.2 Å². The van der Waals surface area contributed by atoms with Crippen molar-refractivity contribution in [1.82, 2.24) is 4.57 Å². The summed E-state index contributed by atoms with van der Waals surface area (Å²) in [6, 6.07) is 11.9. The molecule has 3 aromatic rings. The molecule has 0 fully saturated rings. The molecule has 0 saturated carbocycles. The van der Waals surface area contributed by atoms with Crippen molar-refractivity contribution in [3.8, 4) is 0 Å². The highest BCUT2D eigenvalue weighted by atomic mass is 35.5. The number of thioether (sulfide) groups is 1. The molecule has 1 aliphatic rings. The van der Waals surface area contributed by atoms with Crippen molar-refractivity contribution in [3.05, 3.63) is 62.9 Å². The number of carbonyl (C=O) groups excluding carboxylic acids is 1. The third kappa shape index (κ3) is 4.00. The Bertz CT molecular complexity index is 1070. The monoisotopic (exact) mass is 416 g/mol. The van der Waals surface area contributed by atoms with Crippen LogP contribution in [0.15, 0.2) is 41.4 Å². The molecule has 2 aromatic carbocycles. The maximum Gasteiger partial charge on any atom is 0.279 e. The fourth-order valence-electron chi connectivity index (χ4n) is 3.55. The van der Waals surface area contributed by atoms with E-state index >= 15 is 0 Å². The average Bonchev–Trinajstić information content (AvgIpc) is 3.01. The molecule has 6 heteroatoms. The summed E-state index contributed by atoms with van der Waals surface area (Å²) in [7, 11) is 0. The highest BCUT2D eigenvalue weighted by Gasteiger charge is 2.14. The van der Waals surface area contributed by atoms with E-state index in [9.17, 15) is 4.79 Å². The Morgan fingerprint density at radius 3 is 2.81 bits per heavy atom. The second kappa shape index (κ2) is 8.21. The van der Waals surface area contributed by atoms with Gasteiger partial charge in [0.2, 0.25) is 0 Å². The van der Waals surface area contributed by atoms with Crippen LogP contribution in [0.5, 0.6) is 0 Å². The maximum atomic E-state index is 12.9. The molecule has 140 valence electrons. The molecule has 0 saturated heterocycles. The third-order valence-corrected chi connectivity index (χ3v) is 6.82. The number of aryl methyl sites for hydroxylation is 3. The summed E-state index contributed by atoms with van der Waals surface area (Å²) >= 11 is 9.45. The van der Waals surface area contributed by atoms with Crippen molar-refractivity contribution in [2.24, 2.45) is 4.99 Å². The summed E-state index contributed by atoms with van der Waals surface area (Å²) in [5, 5.41) is 0.702. The van der Waals surface area contributed by atoms with Gasteiger partial charge < -0.3 is 4.57 Å². The van der Waals surface area contributed by atoms with Crippen LogP contribution in [0.2, 0.25) is 5.02 Å². The number of thiazole rings is 1. The number of hydrogen-bond donors (Lipinski definition) is 0. The van der Waals surface area contributed by atoms with Crippen LogP contribution < -0.4 is 4.80 Å².